The first-order chi connectivity index (χ1) is 8.28. The fourth-order valence-corrected chi connectivity index (χ4v) is 1.87. The van der Waals surface area contributed by atoms with Crippen molar-refractivity contribution in [1.29, 1.82) is 5.26 Å². The van der Waals surface area contributed by atoms with Crippen LogP contribution in [-0.2, 0) is 6.42 Å². The predicted octanol–water partition coefficient (Wildman–Crippen LogP) is 2.36. The van der Waals surface area contributed by atoms with Gasteiger partial charge in [-0.2, -0.15) is 10.2 Å². The van der Waals surface area contributed by atoms with Crippen LogP contribution >= 0.6 is 15.9 Å². The summed E-state index contributed by atoms with van der Waals surface area (Å²) in [4.78, 5) is 3.92. The van der Waals surface area contributed by atoms with Crippen LogP contribution in [0.3, 0.4) is 0 Å². The Morgan fingerprint density at radius 2 is 2.29 bits per heavy atom. The van der Waals surface area contributed by atoms with Crippen LogP contribution in [0.5, 0.6) is 0 Å². The third-order valence-corrected chi connectivity index (χ3v) is 2.56. The summed E-state index contributed by atoms with van der Waals surface area (Å²) in [5, 5.41) is 15.5. The van der Waals surface area contributed by atoms with E-state index in [2.05, 4.69) is 37.5 Å². The Morgan fingerprint density at radius 3 is 3.00 bits per heavy atom. The molecule has 2 aromatic rings. The zero-order valence-corrected chi connectivity index (χ0v) is 10.4. The van der Waals surface area contributed by atoms with Crippen LogP contribution in [0.15, 0.2) is 33.5 Å². The molecule has 1 heterocycles. The van der Waals surface area contributed by atoms with E-state index in [4.69, 9.17) is 9.78 Å². The molecular weight excluding hydrogens is 284 g/mol. The van der Waals surface area contributed by atoms with Crippen LogP contribution in [0.1, 0.15) is 11.5 Å². The Labute approximate surface area is 107 Å². The summed E-state index contributed by atoms with van der Waals surface area (Å²) in [5.74, 6) is 0.591. The van der Waals surface area contributed by atoms with Gasteiger partial charge in [0.15, 0.2) is 6.33 Å². The SMILES string of the molecule is N#Cc1cc(Br)cc(NCCc2ncno2)c1. The highest BCUT2D eigenvalue weighted by Gasteiger charge is 2.01. The van der Waals surface area contributed by atoms with Crippen LogP contribution in [-0.4, -0.2) is 16.7 Å². The molecular formula is C11H9BrN4O. The molecule has 0 saturated carbocycles. The quantitative estimate of drug-likeness (QED) is 0.936. The number of halogens is 1. The van der Waals surface area contributed by atoms with Crippen molar-refractivity contribution in [3.05, 3.63) is 40.5 Å². The molecule has 0 saturated heterocycles. The molecule has 0 bridgehead atoms. The number of anilines is 1. The maximum absolute atomic E-state index is 8.83. The second kappa shape index (κ2) is 5.46. The fourth-order valence-electron chi connectivity index (χ4n) is 1.38. The Hall–Kier alpha value is -1.87. The Morgan fingerprint density at radius 1 is 1.41 bits per heavy atom. The van der Waals surface area contributed by atoms with Gasteiger partial charge in [0.05, 0.1) is 11.6 Å². The molecule has 6 heteroatoms. The third-order valence-electron chi connectivity index (χ3n) is 2.10. The van der Waals surface area contributed by atoms with E-state index >= 15 is 0 Å². The van der Waals surface area contributed by atoms with Crippen LogP contribution in [0.25, 0.3) is 0 Å². The van der Waals surface area contributed by atoms with Crippen molar-refractivity contribution < 1.29 is 4.52 Å². The second-order valence-corrected chi connectivity index (χ2v) is 4.27. The lowest BCUT2D eigenvalue weighted by Gasteiger charge is -2.05. The number of hydrogen-bond donors (Lipinski definition) is 1. The normalized spacial score (nSPS) is 9.88. The number of rotatable bonds is 4. The summed E-state index contributed by atoms with van der Waals surface area (Å²) in [7, 11) is 0. The minimum absolute atomic E-state index is 0.591. The molecule has 0 unspecified atom stereocenters. The van der Waals surface area contributed by atoms with Gasteiger partial charge in [0.25, 0.3) is 0 Å². The van der Waals surface area contributed by atoms with Crippen LogP contribution in [0, 0.1) is 11.3 Å². The van der Waals surface area contributed by atoms with Crippen molar-refractivity contribution in [3.8, 4) is 6.07 Å². The number of nitriles is 1. The Kier molecular flexibility index (Phi) is 3.73. The number of nitrogens with zero attached hydrogens (tertiary/aromatic N) is 3. The van der Waals surface area contributed by atoms with Gasteiger partial charge in [0.2, 0.25) is 5.89 Å². The fraction of sp³-hybridized carbons (Fsp3) is 0.182. The summed E-state index contributed by atoms with van der Waals surface area (Å²) < 4.78 is 5.75. The molecule has 2 rings (SSSR count). The molecule has 1 N–H and O–H groups in total. The molecule has 0 fully saturated rings. The highest BCUT2D eigenvalue weighted by Crippen LogP contribution is 2.19. The summed E-state index contributed by atoms with van der Waals surface area (Å²) in [6.45, 7) is 0.670. The Bertz CT molecular complexity index is 533. The van der Waals surface area contributed by atoms with Crippen LogP contribution in [0.2, 0.25) is 0 Å². The first-order valence-electron chi connectivity index (χ1n) is 4.98. The first kappa shape index (κ1) is 11.6. The molecule has 17 heavy (non-hydrogen) atoms. The van der Waals surface area contributed by atoms with Gasteiger partial charge in [-0.1, -0.05) is 21.1 Å². The number of nitrogens with one attached hydrogen (secondary N) is 1. The van der Waals surface area contributed by atoms with E-state index in [1.54, 1.807) is 12.1 Å². The standard InChI is InChI=1S/C11H9BrN4O/c12-9-3-8(6-13)4-10(5-9)14-2-1-11-15-7-16-17-11/h3-5,7,14H,1-2H2. The van der Waals surface area contributed by atoms with Gasteiger partial charge in [-0.15, -0.1) is 0 Å². The maximum atomic E-state index is 8.83. The third kappa shape index (κ3) is 3.29. The van der Waals surface area contributed by atoms with E-state index in [-0.39, 0.29) is 0 Å². The lowest BCUT2D eigenvalue weighted by Crippen LogP contribution is -2.05. The lowest BCUT2D eigenvalue weighted by atomic mass is 10.2. The van der Waals surface area contributed by atoms with Gasteiger partial charge in [-0.25, -0.2) is 0 Å². The van der Waals surface area contributed by atoms with Crippen LogP contribution in [0.4, 0.5) is 5.69 Å². The van der Waals surface area contributed by atoms with E-state index in [0.717, 1.165) is 10.2 Å². The van der Waals surface area contributed by atoms with E-state index in [1.165, 1.54) is 6.33 Å². The van der Waals surface area contributed by atoms with Crippen molar-refractivity contribution in [1.82, 2.24) is 10.1 Å². The monoisotopic (exact) mass is 292 g/mol. The van der Waals surface area contributed by atoms with Gasteiger partial charge in [-0.3, -0.25) is 0 Å². The molecule has 1 aromatic heterocycles. The summed E-state index contributed by atoms with van der Waals surface area (Å²) in [5.41, 5.74) is 1.50. The van der Waals surface area contributed by atoms with Gasteiger partial charge in [0.1, 0.15) is 0 Å². The van der Waals surface area contributed by atoms with Crippen molar-refractivity contribution in [2.75, 3.05) is 11.9 Å². The topological polar surface area (TPSA) is 74.7 Å². The average Bonchev–Trinajstić information content (AvgIpc) is 2.81. The molecule has 5 nitrogen and oxygen atoms in total. The van der Waals surface area contributed by atoms with Gasteiger partial charge < -0.3 is 9.84 Å². The van der Waals surface area contributed by atoms with E-state index in [9.17, 15) is 0 Å². The molecule has 0 radical (unpaired) electrons. The minimum Gasteiger partial charge on any atom is -0.384 e. The van der Waals surface area contributed by atoms with E-state index < -0.39 is 0 Å². The van der Waals surface area contributed by atoms with Crippen molar-refractivity contribution in [2.24, 2.45) is 0 Å². The molecule has 0 aliphatic carbocycles. The van der Waals surface area contributed by atoms with Crippen molar-refractivity contribution in [3.63, 3.8) is 0 Å². The van der Waals surface area contributed by atoms with Gasteiger partial charge in [0, 0.05) is 23.1 Å². The molecule has 0 atom stereocenters. The molecule has 0 aliphatic rings. The Balaban J connectivity index is 1.95. The highest BCUT2D eigenvalue weighted by molar-refractivity contribution is 9.10. The van der Waals surface area contributed by atoms with Crippen LogP contribution < -0.4 is 5.32 Å². The van der Waals surface area contributed by atoms with Crippen molar-refractivity contribution >= 4 is 21.6 Å². The average molecular weight is 293 g/mol. The summed E-state index contributed by atoms with van der Waals surface area (Å²) in [6, 6.07) is 7.57. The number of benzene rings is 1. The zero-order valence-electron chi connectivity index (χ0n) is 8.85. The minimum atomic E-state index is 0.591. The van der Waals surface area contributed by atoms with Gasteiger partial charge >= 0.3 is 0 Å². The van der Waals surface area contributed by atoms with Gasteiger partial charge in [-0.05, 0) is 18.2 Å². The molecule has 86 valence electrons. The highest BCUT2D eigenvalue weighted by atomic mass is 79.9. The number of aromatic nitrogens is 2. The molecule has 0 amide bonds. The van der Waals surface area contributed by atoms with E-state index in [1.807, 2.05) is 6.07 Å². The predicted molar refractivity (Wildman–Crippen MR) is 65.3 cm³/mol. The molecule has 0 spiro atoms. The van der Waals surface area contributed by atoms with E-state index in [0.29, 0.717) is 24.4 Å². The molecule has 1 aromatic carbocycles. The lowest BCUT2D eigenvalue weighted by molar-refractivity contribution is 0.380. The smallest absolute Gasteiger partial charge is 0.228 e. The zero-order chi connectivity index (χ0) is 12.1. The number of hydrogen-bond acceptors (Lipinski definition) is 5. The summed E-state index contributed by atoms with van der Waals surface area (Å²) in [6.07, 6.45) is 2.02. The maximum Gasteiger partial charge on any atom is 0.228 e. The molecule has 0 aliphatic heterocycles. The second-order valence-electron chi connectivity index (χ2n) is 3.35. The van der Waals surface area contributed by atoms with Crippen molar-refractivity contribution in [2.45, 2.75) is 6.42 Å². The first-order valence-corrected chi connectivity index (χ1v) is 5.77. The summed E-state index contributed by atoms with van der Waals surface area (Å²) >= 11 is 3.35. The largest absolute Gasteiger partial charge is 0.384 e.